The molecule has 0 saturated heterocycles. The lowest BCUT2D eigenvalue weighted by atomic mass is 10.1. The van der Waals surface area contributed by atoms with Gasteiger partial charge in [-0.1, -0.05) is 55.2 Å². The lowest BCUT2D eigenvalue weighted by Crippen LogP contribution is -2.50. The summed E-state index contributed by atoms with van der Waals surface area (Å²) in [5.41, 5.74) is 3.05. The van der Waals surface area contributed by atoms with Gasteiger partial charge in [0.05, 0.1) is 11.9 Å². The fourth-order valence-corrected chi connectivity index (χ4v) is 5.65. The zero-order valence-corrected chi connectivity index (χ0v) is 25.4. The van der Waals surface area contributed by atoms with Crippen molar-refractivity contribution in [3.63, 3.8) is 0 Å². The summed E-state index contributed by atoms with van der Waals surface area (Å²) in [6.07, 6.45) is 2.69. The Hall–Kier alpha value is -2.29. The summed E-state index contributed by atoms with van der Waals surface area (Å²) < 4.78 is 26.6. The maximum atomic E-state index is 13.6. The standard InChI is InChI=1S/C28H39Cl2N3O4S/c1-7-21(5)31-28(35)25(8-2)32(18-22-13-14-23(29)17-24(22)30)27(34)10-9-15-33(38(6,36)37)26-16-19(3)11-12-20(26)4/h11-14,16-17,21,25H,7-10,15,18H2,1-6H3,(H,31,35)/t21-,25+/m0/s1. The Labute approximate surface area is 237 Å². The first-order valence-corrected chi connectivity index (χ1v) is 15.5. The van der Waals surface area contributed by atoms with Crippen LogP contribution >= 0.6 is 23.2 Å². The summed E-state index contributed by atoms with van der Waals surface area (Å²) >= 11 is 12.5. The Morgan fingerprint density at radius 2 is 1.71 bits per heavy atom. The Bertz CT molecular complexity index is 1240. The normalized spacial score (nSPS) is 13.1. The number of aryl methyl sites for hydroxylation is 2. The number of amides is 2. The first-order valence-electron chi connectivity index (χ1n) is 12.9. The summed E-state index contributed by atoms with van der Waals surface area (Å²) in [6, 6.07) is 9.96. The topological polar surface area (TPSA) is 86.8 Å². The fraction of sp³-hybridized carbons (Fsp3) is 0.500. The Morgan fingerprint density at radius 1 is 1.03 bits per heavy atom. The van der Waals surface area contributed by atoms with Gasteiger partial charge in [-0.05, 0) is 74.9 Å². The van der Waals surface area contributed by atoms with Crippen LogP contribution in [0.3, 0.4) is 0 Å². The highest BCUT2D eigenvalue weighted by molar-refractivity contribution is 7.92. The van der Waals surface area contributed by atoms with Crippen molar-refractivity contribution in [1.29, 1.82) is 0 Å². The van der Waals surface area contributed by atoms with Crippen molar-refractivity contribution >= 4 is 50.7 Å². The second-order valence-corrected chi connectivity index (χ2v) is 12.5. The van der Waals surface area contributed by atoms with E-state index in [1.807, 2.05) is 52.8 Å². The number of anilines is 1. The molecular formula is C28H39Cl2N3O4S. The van der Waals surface area contributed by atoms with Crippen LogP contribution in [0.4, 0.5) is 5.69 Å². The quantitative estimate of drug-likeness (QED) is 0.319. The minimum atomic E-state index is -3.57. The van der Waals surface area contributed by atoms with Gasteiger partial charge in [0.15, 0.2) is 0 Å². The molecule has 38 heavy (non-hydrogen) atoms. The number of sulfonamides is 1. The third-order valence-corrected chi connectivity index (χ3v) is 8.30. The average molecular weight is 585 g/mol. The van der Waals surface area contributed by atoms with Gasteiger partial charge in [-0.25, -0.2) is 8.42 Å². The number of nitrogens with one attached hydrogen (secondary N) is 1. The van der Waals surface area contributed by atoms with E-state index < -0.39 is 16.1 Å². The van der Waals surface area contributed by atoms with E-state index in [0.29, 0.717) is 27.7 Å². The molecule has 2 rings (SSSR count). The lowest BCUT2D eigenvalue weighted by Gasteiger charge is -2.32. The van der Waals surface area contributed by atoms with Crippen LogP contribution in [0.25, 0.3) is 0 Å². The molecule has 0 bridgehead atoms. The van der Waals surface area contributed by atoms with Crippen molar-refractivity contribution in [2.45, 2.75) is 78.9 Å². The van der Waals surface area contributed by atoms with Gasteiger partial charge in [-0.3, -0.25) is 13.9 Å². The summed E-state index contributed by atoms with van der Waals surface area (Å²) in [5.74, 6) is -0.481. The molecule has 0 aromatic heterocycles. The van der Waals surface area contributed by atoms with Gasteiger partial charge < -0.3 is 10.2 Å². The predicted octanol–water partition coefficient (Wildman–Crippen LogP) is 5.88. The number of hydrogen-bond donors (Lipinski definition) is 1. The molecule has 7 nitrogen and oxygen atoms in total. The maximum absolute atomic E-state index is 13.6. The Kier molecular flexibility index (Phi) is 11.9. The van der Waals surface area contributed by atoms with Gasteiger partial charge in [0.2, 0.25) is 21.8 Å². The van der Waals surface area contributed by atoms with E-state index in [4.69, 9.17) is 23.2 Å². The third kappa shape index (κ3) is 8.89. The van der Waals surface area contributed by atoms with E-state index in [2.05, 4.69) is 5.32 Å². The van der Waals surface area contributed by atoms with E-state index in [-0.39, 0.29) is 43.8 Å². The van der Waals surface area contributed by atoms with Gasteiger partial charge >= 0.3 is 0 Å². The lowest BCUT2D eigenvalue weighted by molar-refractivity contribution is -0.141. The molecule has 0 fully saturated rings. The van der Waals surface area contributed by atoms with E-state index in [1.54, 1.807) is 18.2 Å². The number of halogens is 2. The van der Waals surface area contributed by atoms with Gasteiger partial charge in [0.25, 0.3) is 0 Å². The molecule has 10 heteroatoms. The number of rotatable bonds is 13. The van der Waals surface area contributed by atoms with E-state index in [1.165, 1.54) is 9.21 Å². The van der Waals surface area contributed by atoms with Crippen LogP contribution in [0.5, 0.6) is 0 Å². The van der Waals surface area contributed by atoms with Crippen LogP contribution in [0.2, 0.25) is 10.0 Å². The zero-order valence-electron chi connectivity index (χ0n) is 23.1. The monoisotopic (exact) mass is 583 g/mol. The molecule has 2 aromatic rings. The Balaban J connectivity index is 2.30. The van der Waals surface area contributed by atoms with Crippen LogP contribution in [-0.4, -0.2) is 50.0 Å². The molecule has 0 aliphatic rings. The smallest absolute Gasteiger partial charge is 0.243 e. The van der Waals surface area contributed by atoms with Gasteiger partial charge in [-0.2, -0.15) is 0 Å². The molecule has 2 amide bonds. The highest BCUT2D eigenvalue weighted by atomic mass is 35.5. The van der Waals surface area contributed by atoms with Gasteiger partial charge in [-0.15, -0.1) is 0 Å². The first kappa shape index (κ1) is 31.9. The summed E-state index contributed by atoms with van der Waals surface area (Å²) in [6.45, 7) is 9.79. The number of nitrogens with zero attached hydrogens (tertiary/aromatic N) is 2. The van der Waals surface area contributed by atoms with Crippen LogP contribution in [0.1, 0.15) is 63.1 Å². The van der Waals surface area contributed by atoms with E-state index >= 15 is 0 Å². The average Bonchev–Trinajstić information content (AvgIpc) is 2.83. The highest BCUT2D eigenvalue weighted by Gasteiger charge is 2.30. The molecular weight excluding hydrogens is 545 g/mol. The van der Waals surface area contributed by atoms with Crippen molar-refractivity contribution in [3.8, 4) is 0 Å². The van der Waals surface area contributed by atoms with Crippen LogP contribution < -0.4 is 9.62 Å². The largest absolute Gasteiger partial charge is 0.352 e. The summed E-state index contributed by atoms with van der Waals surface area (Å²) in [7, 11) is -3.57. The van der Waals surface area contributed by atoms with E-state index in [0.717, 1.165) is 23.8 Å². The molecule has 0 saturated carbocycles. The van der Waals surface area contributed by atoms with E-state index in [9.17, 15) is 18.0 Å². The van der Waals surface area contributed by atoms with Gasteiger partial charge in [0, 0.05) is 35.6 Å². The maximum Gasteiger partial charge on any atom is 0.243 e. The van der Waals surface area contributed by atoms with Crippen LogP contribution in [0.15, 0.2) is 36.4 Å². The molecule has 0 spiro atoms. The molecule has 0 radical (unpaired) electrons. The number of carbonyl (C=O) groups excluding carboxylic acids is 2. The zero-order chi connectivity index (χ0) is 28.6. The predicted molar refractivity (Wildman–Crippen MR) is 156 cm³/mol. The second kappa shape index (κ2) is 14.2. The molecule has 210 valence electrons. The molecule has 0 unspecified atom stereocenters. The number of benzene rings is 2. The summed E-state index contributed by atoms with van der Waals surface area (Å²) in [5, 5.41) is 3.86. The van der Waals surface area contributed by atoms with Crippen molar-refractivity contribution < 1.29 is 18.0 Å². The molecule has 0 heterocycles. The molecule has 1 N–H and O–H groups in total. The highest BCUT2D eigenvalue weighted by Crippen LogP contribution is 2.26. The number of hydrogen-bond acceptors (Lipinski definition) is 4. The minimum absolute atomic E-state index is 0.0338. The molecule has 0 aliphatic carbocycles. The van der Waals surface area contributed by atoms with Crippen LogP contribution in [0, 0.1) is 13.8 Å². The third-order valence-electron chi connectivity index (χ3n) is 6.53. The minimum Gasteiger partial charge on any atom is -0.352 e. The Morgan fingerprint density at radius 3 is 2.29 bits per heavy atom. The van der Waals surface area contributed by atoms with Crippen molar-refractivity contribution in [2.75, 3.05) is 17.1 Å². The van der Waals surface area contributed by atoms with Crippen LogP contribution in [-0.2, 0) is 26.2 Å². The van der Waals surface area contributed by atoms with Crippen molar-refractivity contribution in [3.05, 3.63) is 63.1 Å². The van der Waals surface area contributed by atoms with Crippen molar-refractivity contribution in [1.82, 2.24) is 10.2 Å². The first-order chi connectivity index (χ1) is 17.8. The molecule has 2 atom stereocenters. The van der Waals surface area contributed by atoms with Gasteiger partial charge in [0.1, 0.15) is 6.04 Å². The summed E-state index contributed by atoms with van der Waals surface area (Å²) in [4.78, 5) is 28.3. The molecule has 2 aromatic carbocycles. The van der Waals surface area contributed by atoms with Crippen molar-refractivity contribution in [2.24, 2.45) is 0 Å². The fourth-order valence-electron chi connectivity index (χ4n) is 4.16. The number of carbonyl (C=O) groups is 2. The molecule has 0 aliphatic heterocycles. The second-order valence-electron chi connectivity index (χ2n) is 9.73. The SMILES string of the molecule is CC[C@H](C(=O)N[C@@H](C)CC)N(Cc1ccc(Cl)cc1Cl)C(=O)CCCN(c1cc(C)ccc1C)S(C)(=O)=O.